The maximum Gasteiger partial charge on any atom is 0.335 e. The first kappa shape index (κ1) is 13.1. The van der Waals surface area contributed by atoms with Crippen LogP contribution in [0.2, 0.25) is 5.82 Å². The molecule has 0 aromatic heterocycles. The zero-order chi connectivity index (χ0) is 15.1. The number of allylic oxidation sites excluding steroid dienone is 4. The largest absolute Gasteiger partial charge is 0.478 e. The predicted octanol–water partition coefficient (Wildman–Crippen LogP) is 3.26. The summed E-state index contributed by atoms with van der Waals surface area (Å²) in [4.78, 5) is 11.0. The molecule has 1 aliphatic heterocycles. The minimum absolute atomic E-state index is 0.328. The zero-order valence-corrected chi connectivity index (χ0v) is 12.1. The third-order valence-corrected chi connectivity index (χ3v) is 4.62. The zero-order valence-electron chi connectivity index (χ0n) is 12.1. The van der Waals surface area contributed by atoms with E-state index in [1.165, 1.54) is 22.2 Å². The molecule has 2 nitrogen and oxygen atoms in total. The molecular formula is C19H15BO2. The molecule has 0 fully saturated rings. The van der Waals surface area contributed by atoms with E-state index in [9.17, 15) is 4.79 Å². The van der Waals surface area contributed by atoms with Gasteiger partial charge in [-0.2, -0.15) is 0 Å². The maximum absolute atomic E-state index is 11.0. The second-order valence-corrected chi connectivity index (χ2v) is 5.91. The van der Waals surface area contributed by atoms with E-state index >= 15 is 0 Å². The Balaban J connectivity index is 1.84. The normalized spacial score (nSPS) is 18.2. The highest BCUT2D eigenvalue weighted by Gasteiger charge is 2.30. The van der Waals surface area contributed by atoms with Gasteiger partial charge in [0, 0.05) is 0 Å². The number of aromatic carboxylic acids is 1. The van der Waals surface area contributed by atoms with Crippen molar-refractivity contribution in [2.45, 2.75) is 12.2 Å². The topological polar surface area (TPSA) is 37.3 Å². The Labute approximate surface area is 130 Å². The lowest BCUT2D eigenvalue weighted by molar-refractivity contribution is 0.0697. The summed E-state index contributed by atoms with van der Waals surface area (Å²) in [6.45, 7) is 0. The quantitative estimate of drug-likeness (QED) is 0.860. The van der Waals surface area contributed by atoms with E-state index in [1.807, 2.05) is 12.1 Å². The molecule has 4 rings (SSSR count). The lowest BCUT2D eigenvalue weighted by Crippen LogP contribution is -2.13. The molecule has 1 heterocycles. The smallest absolute Gasteiger partial charge is 0.335 e. The lowest BCUT2D eigenvalue weighted by atomic mass is 9.61. The van der Waals surface area contributed by atoms with Crippen molar-refractivity contribution in [2.24, 2.45) is 0 Å². The minimum Gasteiger partial charge on any atom is -0.478 e. The van der Waals surface area contributed by atoms with Gasteiger partial charge in [0.15, 0.2) is 7.28 Å². The number of fused-ring (bicyclic) bond motifs is 3. The van der Waals surface area contributed by atoms with Gasteiger partial charge < -0.3 is 5.11 Å². The minimum atomic E-state index is -0.884. The molecule has 106 valence electrons. The monoisotopic (exact) mass is 286 g/mol. The van der Waals surface area contributed by atoms with E-state index in [2.05, 4.69) is 36.4 Å². The molecule has 1 atom stereocenters. The Morgan fingerprint density at radius 3 is 2.73 bits per heavy atom. The first-order chi connectivity index (χ1) is 10.7. The predicted molar refractivity (Wildman–Crippen MR) is 91.1 cm³/mol. The fourth-order valence-corrected chi connectivity index (χ4v) is 3.57. The Hall–Kier alpha value is -2.55. The van der Waals surface area contributed by atoms with E-state index < -0.39 is 5.97 Å². The molecule has 0 spiro atoms. The van der Waals surface area contributed by atoms with Gasteiger partial charge in [0.1, 0.15) is 0 Å². The summed E-state index contributed by atoms with van der Waals surface area (Å²) < 4.78 is 0. The van der Waals surface area contributed by atoms with Gasteiger partial charge in [0.05, 0.1) is 5.56 Å². The van der Waals surface area contributed by atoms with Crippen molar-refractivity contribution in [1.29, 1.82) is 0 Å². The number of hydrogen-bond donors (Lipinski definition) is 1. The highest BCUT2D eigenvalue weighted by Crippen LogP contribution is 2.42. The Morgan fingerprint density at radius 1 is 1.14 bits per heavy atom. The van der Waals surface area contributed by atoms with Gasteiger partial charge in [-0.05, 0) is 46.6 Å². The van der Waals surface area contributed by atoms with Crippen LogP contribution in [0.1, 0.15) is 22.3 Å². The summed E-state index contributed by atoms with van der Waals surface area (Å²) in [5, 5.41) is 9.04. The van der Waals surface area contributed by atoms with Crippen LogP contribution >= 0.6 is 0 Å². The molecule has 2 aliphatic rings. The first-order valence-corrected chi connectivity index (χ1v) is 7.57. The average Bonchev–Trinajstić information content (AvgIpc) is 2.93. The molecule has 0 saturated heterocycles. The second kappa shape index (κ2) is 5.02. The molecule has 2 aromatic rings. The van der Waals surface area contributed by atoms with E-state index in [4.69, 9.17) is 5.11 Å². The third-order valence-electron chi connectivity index (χ3n) is 4.62. The second-order valence-electron chi connectivity index (χ2n) is 5.91. The highest BCUT2D eigenvalue weighted by molar-refractivity contribution is 6.62. The molecule has 0 amide bonds. The number of carboxylic acids is 1. The van der Waals surface area contributed by atoms with Gasteiger partial charge in [-0.3, -0.25) is 0 Å². The summed E-state index contributed by atoms with van der Waals surface area (Å²) in [5.74, 6) is -0.288. The summed E-state index contributed by atoms with van der Waals surface area (Å²) >= 11 is 0. The lowest BCUT2D eigenvalue weighted by Gasteiger charge is -2.16. The first-order valence-electron chi connectivity index (χ1n) is 7.57. The molecule has 1 aliphatic carbocycles. The molecule has 2 aromatic carbocycles. The summed E-state index contributed by atoms with van der Waals surface area (Å²) in [7, 11) is 1.10. The van der Waals surface area contributed by atoms with E-state index in [0.717, 1.165) is 19.3 Å². The number of benzene rings is 2. The maximum atomic E-state index is 11.0. The average molecular weight is 286 g/mol. The van der Waals surface area contributed by atoms with Crippen LogP contribution in [0.4, 0.5) is 0 Å². The van der Waals surface area contributed by atoms with Crippen molar-refractivity contribution >= 4 is 24.3 Å². The van der Waals surface area contributed by atoms with Crippen LogP contribution in [0.25, 0.3) is 16.7 Å². The number of carboxylic acid groups (broad SMARTS) is 1. The van der Waals surface area contributed by atoms with Gasteiger partial charge in [0.2, 0.25) is 0 Å². The number of rotatable bonds is 2. The standard InChI is InChI=1S/C19H15BO2/c21-19(22)13-10-8-12(9-11-13)14-5-3-7-17-18(14)15-4-1-2-6-16(15)20-17/h1-5,7-11,16,20H,6H2,(H,21,22). The third kappa shape index (κ3) is 2.01. The Morgan fingerprint density at radius 2 is 1.95 bits per heavy atom. The van der Waals surface area contributed by atoms with Crippen LogP contribution in [0.3, 0.4) is 0 Å². The van der Waals surface area contributed by atoms with Crippen molar-refractivity contribution in [2.75, 3.05) is 0 Å². The molecule has 1 unspecified atom stereocenters. The van der Waals surface area contributed by atoms with Crippen LogP contribution < -0.4 is 5.46 Å². The molecule has 1 N–H and O–H groups in total. The van der Waals surface area contributed by atoms with Crippen LogP contribution in [0.15, 0.2) is 60.7 Å². The number of hydrogen-bond acceptors (Lipinski definition) is 1. The van der Waals surface area contributed by atoms with Crippen LogP contribution in [0, 0.1) is 0 Å². The molecule has 0 bridgehead atoms. The van der Waals surface area contributed by atoms with E-state index in [1.54, 1.807) is 12.1 Å². The molecule has 22 heavy (non-hydrogen) atoms. The van der Waals surface area contributed by atoms with Crippen molar-refractivity contribution in [3.63, 3.8) is 0 Å². The summed E-state index contributed by atoms with van der Waals surface area (Å²) in [6, 6.07) is 13.6. The van der Waals surface area contributed by atoms with Crippen molar-refractivity contribution in [3.05, 3.63) is 71.8 Å². The van der Waals surface area contributed by atoms with Crippen LogP contribution in [0.5, 0.6) is 0 Å². The van der Waals surface area contributed by atoms with Gasteiger partial charge in [0.25, 0.3) is 0 Å². The Kier molecular flexibility index (Phi) is 3.00. The van der Waals surface area contributed by atoms with Crippen LogP contribution in [-0.2, 0) is 0 Å². The molecule has 0 radical (unpaired) electrons. The molecule has 3 heteroatoms. The van der Waals surface area contributed by atoms with Crippen molar-refractivity contribution in [1.82, 2.24) is 0 Å². The van der Waals surface area contributed by atoms with Crippen molar-refractivity contribution in [3.8, 4) is 11.1 Å². The van der Waals surface area contributed by atoms with Crippen molar-refractivity contribution < 1.29 is 9.90 Å². The number of carbonyl (C=O) groups is 1. The molecule has 0 saturated carbocycles. The van der Waals surface area contributed by atoms with Gasteiger partial charge in [-0.25, -0.2) is 4.79 Å². The Bertz CT molecular complexity index is 816. The highest BCUT2D eigenvalue weighted by atomic mass is 16.4. The van der Waals surface area contributed by atoms with Gasteiger partial charge in [-0.15, -0.1) is 0 Å². The molecular weight excluding hydrogens is 271 g/mol. The SMILES string of the molecule is O=C(O)c1ccc(-c2cccc3c2C2=CC=CCC2B3)cc1. The van der Waals surface area contributed by atoms with Gasteiger partial charge in [-0.1, -0.05) is 54.0 Å². The summed E-state index contributed by atoms with van der Waals surface area (Å²) in [6.07, 6.45) is 7.72. The fraction of sp³-hybridized carbons (Fsp3) is 0.105. The van der Waals surface area contributed by atoms with E-state index in [0.29, 0.717) is 11.4 Å². The fourth-order valence-electron chi connectivity index (χ4n) is 3.57. The summed E-state index contributed by atoms with van der Waals surface area (Å²) in [5.41, 5.74) is 6.79. The van der Waals surface area contributed by atoms with Crippen LogP contribution in [-0.4, -0.2) is 18.4 Å². The van der Waals surface area contributed by atoms with E-state index in [-0.39, 0.29) is 0 Å². The van der Waals surface area contributed by atoms with Gasteiger partial charge >= 0.3 is 5.97 Å².